The maximum Gasteiger partial charge on any atom is 0.167 e. The van der Waals surface area contributed by atoms with Crippen LogP contribution in [0.1, 0.15) is 15.9 Å². The highest BCUT2D eigenvalue weighted by molar-refractivity contribution is 7.83. The van der Waals surface area contributed by atoms with Gasteiger partial charge in [0.25, 0.3) is 0 Å². The first-order valence-corrected chi connectivity index (χ1v) is 6.15. The topological polar surface area (TPSA) is 17.1 Å². The number of hydrogen-bond acceptors (Lipinski definition) is 3. The standard InChI is InChI=1S/C14H12OS2/c15-12(11-4-2-1-3-5-11)8-10-6-7-13(16)14(17)9-10/h1-7,9,16-17H,8H2. The third-order valence-electron chi connectivity index (χ3n) is 2.50. The second-order valence-electron chi connectivity index (χ2n) is 3.79. The molecular formula is C14H12OS2. The van der Waals surface area contributed by atoms with E-state index in [2.05, 4.69) is 25.3 Å². The summed E-state index contributed by atoms with van der Waals surface area (Å²) in [4.78, 5) is 13.6. The smallest absolute Gasteiger partial charge is 0.167 e. The van der Waals surface area contributed by atoms with Gasteiger partial charge in [0.2, 0.25) is 0 Å². The van der Waals surface area contributed by atoms with E-state index >= 15 is 0 Å². The van der Waals surface area contributed by atoms with Crippen molar-refractivity contribution in [1.29, 1.82) is 0 Å². The lowest BCUT2D eigenvalue weighted by molar-refractivity contribution is 0.0993. The van der Waals surface area contributed by atoms with Crippen LogP contribution >= 0.6 is 25.3 Å². The van der Waals surface area contributed by atoms with Crippen LogP contribution in [-0.2, 0) is 6.42 Å². The number of ketones is 1. The lowest BCUT2D eigenvalue weighted by Crippen LogP contribution is -2.03. The minimum Gasteiger partial charge on any atom is -0.294 e. The van der Waals surface area contributed by atoms with Gasteiger partial charge in [-0.3, -0.25) is 4.79 Å². The zero-order valence-electron chi connectivity index (χ0n) is 9.13. The van der Waals surface area contributed by atoms with E-state index < -0.39 is 0 Å². The van der Waals surface area contributed by atoms with Crippen molar-refractivity contribution in [2.75, 3.05) is 0 Å². The number of carbonyl (C=O) groups is 1. The average molecular weight is 260 g/mol. The van der Waals surface area contributed by atoms with Crippen LogP contribution in [0.2, 0.25) is 0 Å². The van der Waals surface area contributed by atoms with E-state index in [9.17, 15) is 4.79 Å². The molecule has 0 heterocycles. The van der Waals surface area contributed by atoms with Crippen LogP contribution in [0.15, 0.2) is 58.3 Å². The summed E-state index contributed by atoms with van der Waals surface area (Å²) in [7, 11) is 0. The van der Waals surface area contributed by atoms with Crippen molar-refractivity contribution in [2.24, 2.45) is 0 Å². The minimum absolute atomic E-state index is 0.116. The summed E-state index contributed by atoms with van der Waals surface area (Å²) < 4.78 is 0. The van der Waals surface area contributed by atoms with E-state index in [0.29, 0.717) is 6.42 Å². The molecule has 86 valence electrons. The fraction of sp³-hybridized carbons (Fsp3) is 0.0714. The molecule has 2 aromatic rings. The second-order valence-corrected chi connectivity index (χ2v) is 4.75. The Morgan fingerprint density at radius 2 is 1.65 bits per heavy atom. The predicted molar refractivity (Wildman–Crippen MR) is 75.4 cm³/mol. The first-order valence-electron chi connectivity index (χ1n) is 5.26. The van der Waals surface area contributed by atoms with Gasteiger partial charge in [-0.25, -0.2) is 0 Å². The van der Waals surface area contributed by atoms with Crippen LogP contribution in [0.5, 0.6) is 0 Å². The molecule has 0 atom stereocenters. The molecule has 17 heavy (non-hydrogen) atoms. The van der Waals surface area contributed by atoms with E-state index in [1.165, 1.54) is 0 Å². The number of carbonyl (C=O) groups excluding carboxylic acids is 1. The molecule has 3 heteroatoms. The molecule has 0 unspecified atom stereocenters. The Balaban J connectivity index is 2.16. The molecular weight excluding hydrogens is 248 g/mol. The number of Topliss-reactive ketones (excluding diaryl/α,β-unsaturated/α-hetero) is 1. The maximum atomic E-state index is 12.0. The fourth-order valence-corrected chi connectivity index (χ4v) is 1.97. The summed E-state index contributed by atoms with van der Waals surface area (Å²) in [5, 5.41) is 0. The van der Waals surface area contributed by atoms with Crippen molar-refractivity contribution in [1.82, 2.24) is 0 Å². The number of thiol groups is 2. The van der Waals surface area contributed by atoms with Crippen LogP contribution in [-0.4, -0.2) is 5.78 Å². The zero-order chi connectivity index (χ0) is 12.3. The number of hydrogen-bond donors (Lipinski definition) is 2. The van der Waals surface area contributed by atoms with Gasteiger partial charge >= 0.3 is 0 Å². The molecule has 0 aliphatic heterocycles. The van der Waals surface area contributed by atoms with Crippen LogP contribution in [0.4, 0.5) is 0 Å². The third kappa shape index (κ3) is 3.14. The Morgan fingerprint density at radius 1 is 0.941 bits per heavy atom. The first kappa shape index (κ1) is 12.3. The molecule has 0 N–H and O–H groups in total. The number of benzene rings is 2. The van der Waals surface area contributed by atoms with E-state index in [0.717, 1.165) is 20.9 Å². The summed E-state index contributed by atoms with van der Waals surface area (Å²) in [5.74, 6) is 0.116. The fourth-order valence-electron chi connectivity index (χ4n) is 1.59. The molecule has 0 aliphatic rings. The van der Waals surface area contributed by atoms with Crippen LogP contribution in [0, 0.1) is 0 Å². The highest BCUT2D eigenvalue weighted by Gasteiger charge is 2.07. The Labute approximate surface area is 112 Å². The van der Waals surface area contributed by atoms with Gasteiger partial charge in [-0.15, -0.1) is 25.3 Å². The van der Waals surface area contributed by atoms with Crippen LogP contribution in [0.3, 0.4) is 0 Å². The molecule has 1 nitrogen and oxygen atoms in total. The molecule has 0 radical (unpaired) electrons. The molecule has 2 aromatic carbocycles. The molecule has 0 saturated carbocycles. The Bertz CT molecular complexity index is 535. The minimum atomic E-state index is 0.116. The molecule has 0 spiro atoms. The van der Waals surface area contributed by atoms with E-state index in [4.69, 9.17) is 0 Å². The van der Waals surface area contributed by atoms with Crippen molar-refractivity contribution in [3.05, 3.63) is 59.7 Å². The molecule has 0 saturated heterocycles. The molecule has 0 aromatic heterocycles. The predicted octanol–water partition coefficient (Wildman–Crippen LogP) is 3.69. The monoisotopic (exact) mass is 260 g/mol. The SMILES string of the molecule is O=C(Cc1ccc(S)c(S)c1)c1ccccc1. The summed E-state index contributed by atoms with van der Waals surface area (Å²) in [6.45, 7) is 0. The zero-order valence-corrected chi connectivity index (χ0v) is 10.9. The van der Waals surface area contributed by atoms with E-state index in [-0.39, 0.29) is 5.78 Å². The highest BCUT2D eigenvalue weighted by atomic mass is 32.1. The third-order valence-corrected chi connectivity index (χ3v) is 3.44. The van der Waals surface area contributed by atoms with Gasteiger partial charge in [-0.2, -0.15) is 0 Å². The Morgan fingerprint density at radius 3 is 2.29 bits per heavy atom. The molecule has 0 aliphatic carbocycles. The highest BCUT2D eigenvalue weighted by Crippen LogP contribution is 2.20. The lowest BCUT2D eigenvalue weighted by Gasteiger charge is -2.04. The van der Waals surface area contributed by atoms with E-state index in [1.807, 2.05) is 48.5 Å². The summed E-state index contributed by atoms with van der Waals surface area (Å²) >= 11 is 8.53. The molecule has 2 rings (SSSR count). The summed E-state index contributed by atoms with van der Waals surface area (Å²) in [6.07, 6.45) is 0.394. The molecule has 0 fully saturated rings. The van der Waals surface area contributed by atoms with Crippen molar-refractivity contribution in [3.63, 3.8) is 0 Å². The summed E-state index contributed by atoms with van der Waals surface area (Å²) in [6, 6.07) is 14.9. The van der Waals surface area contributed by atoms with Gasteiger partial charge in [0.15, 0.2) is 5.78 Å². The largest absolute Gasteiger partial charge is 0.294 e. The van der Waals surface area contributed by atoms with Gasteiger partial charge < -0.3 is 0 Å². The van der Waals surface area contributed by atoms with Gasteiger partial charge in [0, 0.05) is 21.8 Å². The summed E-state index contributed by atoms with van der Waals surface area (Å²) in [5.41, 5.74) is 1.70. The van der Waals surface area contributed by atoms with Crippen molar-refractivity contribution in [2.45, 2.75) is 16.2 Å². The normalized spacial score (nSPS) is 10.2. The van der Waals surface area contributed by atoms with Gasteiger partial charge in [0.1, 0.15) is 0 Å². The van der Waals surface area contributed by atoms with Gasteiger partial charge in [0.05, 0.1) is 0 Å². The van der Waals surface area contributed by atoms with Gasteiger partial charge in [-0.05, 0) is 17.7 Å². The molecule has 0 bridgehead atoms. The lowest BCUT2D eigenvalue weighted by atomic mass is 10.0. The van der Waals surface area contributed by atoms with Crippen molar-refractivity contribution >= 4 is 31.0 Å². The quantitative estimate of drug-likeness (QED) is 0.636. The molecule has 0 amide bonds. The maximum absolute atomic E-state index is 12.0. The first-order chi connectivity index (χ1) is 8.16. The second kappa shape index (κ2) is 5.43. The van der Waals surface area contributed by atoms with Crippen LogP contribution < -0.4 is 0 Å². The average Bonchev–Trinajstić information content (AvgIpc) is 2.35. The number of rotatable bonds is 3. The Hall–Kier alpha value is -1.19. The Kier molecular flexibility index (Phi) is 3.92. The van der Waals surface area contributed by atoms with Crippen molar-refractivity contribution < 1.29 is 4.79 Å². The van der Waals surface area contributed by atoms with Crippen molar-refractivity contribution in [3.8, 4) is 0 Å². The van der Waals surface area contributed by atoms with E-state index in [1.54, 1.807) is 0 Å². The van der Waals surface area contributed by atoms with Crippen LogP contribution in [0.25, 0.3) is 0 Å². The van der Waals surface area contributed by atoms with Gasteiger partial charge in [-0.1, -0.05) is 36.4 Å².